The third-order valence-electron chi connectivity index (χ3n) is 7.89. The van der Waals surface area contributed by atoms with Crippen LogP contribution in [-0.4, -0.2) is 103 Å². The highest BCUT2D eigenvalue weighted by Gasteiger charge is 2.53. The van der Waals surface area contributed by atoms with Crippen LogP contribution in [0.15, 0.2) is 23.8 Å². The Morgan fingerprint density at radius 3 is 2.36 bits per heavy atom. The number of rotatable bonds is 2. The molecule has 24 heteroatoms. The number of phosphoric ester groups is 2. The first-order valence-corrected chi connectivity index (χ1v) is 16.3. The fourth-order valence-corrected chi connectivity index (χ4v) is 7.81. The molecule has 10 atom stereocenters. The van der Waals surface area contributed by atoms with Crippen LogP contribution in [0, 0.1) is 5.92 Å². The number of aliphatic hydroxyl groups excluding tert-OH is 2. The Bertz CT molecular complexity index is 1940. The van der Waals surface area contributed by atoms with Crippen LogP contribution in [0.25, 0.3) is 22.3 Å². The van der Waals surface area contributed by atoms with E-state index in [9.17, 15) is 33.9 Å². The van der Waals surface area contributed by atoms with Crippen molar-refractivity contribution in [3.8, 4) is 0 Å². The van der Waals surface area contributed by atoms with Crippen molar-refractivity contribution in [2.75, 3.05) is 24.7 Å². The van der Waals surface area contributed by atoms with Crippen molar-refractivity contribution in [3.05, 3.63) is 29.3 Å². The fraction of sp³-hybridized carbons (Fsp3) is 0.524. The molecule has 4 aromatic heterocycles. The van der Waals surface area contributed by atoms with Gasteiger partial charge in [-0.3, -0.25) is 32.4 Å². The van der Waals surface area contributed by atoms with Crippen LogP contribution in [0.2, 0.25) is 0 Å². The highest BCUT2D eigenvalue weighted by Crippen LogP contribution is 2.55. The molecule has 2 aliphatic heterocycles. The summed E-state index contributed by atoms with van der Waals surface area (Å²) in [5.74, 6) is -1.16. The summed E-state index contributed by atoms with van der Waals surface area (Å²) >= 11 is 0. The fourth-order valence-electron chi connectivity index (χ4n) is 5.83. The number of hydrogen-bond acceptors (Lipinski definition) is 17. The Morgan fingerprint density at radius 2 is 1.58 bits per heavy atom. The third kappa shape index (κ3) is 5.32. The van der Waals surface area contributed by atoms with Gasteiger partial charge in [0, 0.05) is 5.92 Å². The van der Waals surface area contributed by atoms with Gasteiger partial charge in [0.1, 0.15) is 36.3 Å². The Hall–Kier alpha value is -3.40. The number of nitrogens with zero attached hydrogens (tertiary/aromatic N) is 7. The first kappa shape index (κ1) is 30.3. The molecule has 242 valence electrons. The van der Waals surface area contributed by atoms with E-state index in [4.69, 9.17) is 34.3 Å². The van der Waals surface area contributed by atoms with Gasteiger partial charge in [-0.25, -0.2) is 29.1 Å². The van der Waals surface area contributed by atoms with Gasteiger partial charge in [0.05, 0.1) is 38.0 Å². The molecule has 6 heterocycles. The number of nitrogen functional groups attached to an aromatic ring is 2. The summed E-state index contributed by atoms with van der Waals surface area (Å²) < 4.78 is 56.0. The second kappa shape index (κ2) is 10.9. The zero-order valence-electron chi connectivity index (χ0n) is 22.7. The van der Waals surface area contributed by atoms with Crippen LogP contribution < -0.4 is 17.0 Å². The second-order valence-corrected chi connectivity index (χ2v) is 13.4. The van der Waals surface area contributed by atoms with E-state index in [-0.39, 0.29) is 40.5 Å². The predicted octanol–water partition coefficient (Wildman–Crippen LogP) is -1.68. The number of nitrogens with one attached hydrogen (secondary N) is 1. The van der Waals surface area contributed by atoms with Gasteiger partial charge in [0.15, 0.2) is 28.9 Å². The van der Waals surface area contributed by atoms with E-state index in [1.807, 2.05) is 0 Å². The van der Waals surface area contributed by atoms with Crippen molar-refractivity contribution in [2.24, 2.45) is 5.92 Å². The number of fused-ring (bicyclic) bond motifs is 5. The number of aromatic nitrogens is 8. The molecule has 22 nitrogen and oxygen atoms in total. The minimum Gasteiger partial charge on any atom is -0.390 e. The second-order valence-electron chi connectivity index (χ2n) is 10.6. The molecule has 4 unspecified atom stereocenters. The van der Waals surface area contributed by atoms with Gasteiger partial charge in [-0.1, -0.05) is 0 Å². The zero-order valence-corrected chi connectivity index (χ0v) is 24.5. The van der Waals surface area contributed by atoms with Gasteiger partial charge in [-0.15, -0.1) is 0 Å². The summed E-state index contributed by atoms with van der Waals surface area (Å²) in [5, 5.41) is 22.3. The molecule has 45 heavy (non-hydrogen) atoms. The number of nitrogens with two attached hydrogens (primary N) is 2. The van der Waals surface area contributed by atoms with Crippen LogP contribution in [-0.2, 0) is 32.0 Å². The molecule has 2 saturated heterocycles. The number of aromatic amines is 1. The average molecular weight is 672 g/mol. The molecule has 3 fully saturated rings. The van der Waals surface area contributed by atoms with Gasteiger partial charge in [0.2, 0.25) is 5.95 Å². The first-order valence-electron chi connectivity index (χ1n) is 13.3. The van der Waals surface area contributed by atoms with Crippen LogP contribution in [0.5, 0.6) is 0 Å². The first-order chi connectivity index (χ1) is 21.3. The van der Waals surface area contributed by atoms with Crippen LogP contribution in [0.3, 0.4) is 0 Å². The maximum absolute atomic E-state index is 13.2. The van der Waals surface area contributed by atoms with E-state index in [1.54, 1.807) is 0 Å². The summed E-state index contributed by atoms with van der Waals surface area (Å²) in [7, 11) is -10.0. The third-order valence-corrected chi connectivity index (χ3v) is 9.86. The molecule has 3 aliphatic rings. The Kier molecular flexibility index (Phi) is 7.30. The largest absolute Gasteiger partial charge is 0.472 e. The Balaban J connectivity index is 1.21. The van der Waals surface area contributed by atoms with Crippen LogP contribution in [0.4, 0.5) is 11.8 Å². The molecule has 4 aromatic rings. The number of phosphoric acid groups is 2. The van der Waals surface area contributed by atoms with E-state index >= 15 is 0 Å². The number of imidazole rings is 2. The molecule has 9 N–H and O–H groups in total. The van der Waals surface area contributed by atoms with Crippen molar-refractivity contribution in [1.82, 2.24) is 39.0 Å². The van der Waals surface area contributed by atoms with Crippen molar-refractivity contribution in [2.45, 2.75) is 49.2 Å². The number of H-pyrrole nitrogens is 1. The Labute approximate surface area is 250 Å². The molecule has 0 amide bonds. The van der Waals surface area contributed by atoms with E-state index in [0.717, 1.165) is 6.33 Å². The normalized spacial score (nSPS) is 37.7. The maximum Gasteiger partial charge on any atom is 0.472 e. The van der Waals surface area contributed by atoms with Gasteiger partial charge in [0.25, 0.3) is 5.56 Å². The lowest BCUT2D eigenvalue weighted by atomic mass is 10.1. The van der Waals surface area contributed by atoms with E-state index in [2.05, 4.69) is 29.9 Å². The maximum atomic E-state index is 13.2. The highest BCUT2D eigenvalue weighted by atomic mass is 31.2. The summed E-state index contributed by atoms with van der Waals surface area (Å²) in [6.45, 7) is -1.39. The van der Waals surface area contributed by atoms with Crippen molar-refractivity contribution < 1.29 is 52.0 Å². The Morgan fingerprint density at radius 1 is 0.889 bits per heavy atom. The van der Waals surface area contributed by atoms with Crippen LogP contribution >= 0.6 is 15.6 Å². The minimum absolute atomic E-state index is 0.00383. The summed E-state index contributed by atoms with van der Waals surface area (Å²) in [4.78, 5) is 56.2. The SMILES string of the molecule is Nc1nc2c(ncn2C2C[C@@H]3COP(=O)(O)O[C@@H]4C(COP(=O)(O)O[C@@H]2[C@@H]3O)O[C@@H](n2cnc3c(N)ncnc32)[C@@H]4O)c(=O)[nH]1. The van der Waals surface area contributed by atoms with E-state index < -0.39 is 83.1 Å². The number of ether oxygens (including phenoxy) is 1. The molecular formula is C21H26N10O12P2. The van der Waals surface area contributed by atoms with Crippen molar-refractivity contribution in [3.63, 3.8) is 0 Å². The van der Waals surface area contributed by atoms with Gasteiger partial charge in [-0.05, 0) is 6.42 Å². The predicted molar refractivity (Wildman–Crippen MR) is 147 cm³/mol. The van der Waals surface area contributed by atoms with Gasteiger partial charge in [-0.2, -0.15) is 4.98 Å². The molecule has 0 aromatic carbocycles. The quantitative estimate of drug-likeness (QED) is 0.117. The molecule has 2 bridgehead atoms. The zero-order chi connectivity index (χ0) is 31.8. The number of anilines is 2. The van der Waals surface area contributed by atoms with E-state index in [0.29, 0.717) is 0 Å². The number of aliphatic hydroxyl groups is 2. The smallest absolute Gasteiger partial charge is 0.390 e. The van der Waals surface area contributed by atoms with Crippen molar-refractivity contribution >= 4 is 49.7 Å². The molecule has 1 aliphatic carbocycles. The van der Waals surface area contributed by atoms with Gasteiger partial charge >= 0.3 is 15.6 Å². The molecule has 0 radical (unpaired) electrons. The lowest BCUT2D eigenvalue weighted by molar-refractivity contribution is -0.0552. The molecular weight excluding hydrogens is 646 g/mol. The summed E-state index contributed by atoms with van der Waals surface area (Å²) in [6.07, 6.45) is -5.58. The van der Waals surface area contributed by atoms with E-state index in [1.165, 1.54) is 21.8 Å². The minimum atomic E-state index is -5.03. The monoisotopic (exact) mass is 672 g/mol. The highest BCUT2D eigenvalue weighted by molar-refractivity contribution is 7.47. The lowest BCUT2D eigenvalue weighted by Crippen LogP contribution is -2.36. The average Bonchev–Trinajstić information content (AvgIpc) is 3.72. The number of hydrogen-bond donors (Lipinski definition) is 7. The lowest BCUT2D eigenvalue weighted by Gasteiger charge is -2.26. The van der Waals surface area contributed by atoms with Crippen LogP contribution in [0.1, 0.15) is 18.7 Å². The molecule has 0 spiro atoms. The van der Waals surface area contributed by atoms with Crippen molar-refractivity contribution in [1.29, 1.82) is 0 Å². The summed E-state index contributed by atoms with van der Waals surface area (Å²) in [6, 6.07) is -0.996. The standard InChI is InChI=1S/C21H26N10O12P2/c22-16-10-17(25-4-24-16)31(6-26-10)20-13(33)15-9(41-20)3-40-45(37,38)42-14-8(1-7(12(14)32)2-39-44(35,36)43-15)30-5-27-11-18(30)28-21(23)29-19(11)34/h4-9,12-15,20,32-33H,1-3H2,(H,35,36)(H,37,38)(H2,22,24,25)(H3,23,28,29,34)/t7-,8?,9?,12-,13-,14+,15-,20-/m1/s1. The molecule has 7 rings (SSSR count). The molecule has 1 saturated carbocycles. The summed E-state index contributed by atoms with van der Waals surface area (Å²) in [5.41, 5.74) is 11.1. The van der Waals surface area contributed by atoms with Gasteiger partial charge < -0.3 is 40.8 Å². The topological polar surface area (TPSA) is 320 Å².